The number of benzene rings is 1. The molecule has 0 aromatic heterocycles. The minimum absolute atomic E-state index is 0.0729. The van der Waals surface area contributed by atoms with E-state index in [0.717, 1.165) is 18.5 Å². The lowest BCUT2D eigenvalue weighted by molar-refractivity contribution is -0.0140. The molecule has 0 amide bonds. The van der Waals surface area contributed by atoms with Crippen molar-refractivity contribution in [3.63, 3.8) is 0 Å². The van der Waals surface area contributed by atoms with Crippen LogP contribution in [0.3, 0.4) is 0 Å². The molecule has 3 heteroatoms. The fourth-order valence-electron chi connectivity index (χ4n) is 2.73. The summed E-state index contributed by atoms with van der Waals surface area (Å²) in [6.07, 6.45) is 5.08. The number of halogens is 2. The number of hydrogen-bond donors (Lipinski definition) is 1. The van der Waals surface area contributed by atoms with Crippen molar-refractivity contribution >= 4 is 0 Å². The van der Waals surface area contributed by atoms with Crippen LogP contribution in [0.15, 0.2) is 24.3 Å². The van der Waals surface area contributed by atoms with Crippen LogP contribution in [0.4, 0.5) is 8.78 Å². The van der Waals surface area contributed by atoms with Crippen molar-refractivity contribution in [1.82, 2.24) is 5.32 Å². The summed E-state index contributed by atoms with van der Waals surface area (Å²) >= 11 is 0. The standard InChI is InChI=1S/C16H23F2N/c1-2-10-16(17,18)14-8-6-13(7-9-14)12-15-5-3-4-11-19-15/h6-9,15,19H,2-5,10-12H2,1H3. The van der Waals surface area contributed by atoms with Crippen LogP contribution in [-0.2, 0) is 12.3 Å². The van der Waals surface area contributed by atoms with Crippen LogP contribution >= 0.6 is 0 Å². The Morgan fingerprint density at radius 2 is 1.95 bits per heavy atom. The lowest BCUT2D eigenvalue weighted by Gasteiger charge is -2.23. The molecule has 1 unspecified atom stereocenters. The van der Waals surface area contributed by atoms with Gasteiger partial charge in [0.15, 0.2) is 0 Å². The Bertz CT molecular complexity index is 380. The highest BCUT2D eigenvalue weighted by molar-refractivity contribution is 5.26. The second kappa shape index (κ2) is 6.47. The molecule has 1 aliphatic rings. The van der Waals surface area contributed by atoms with E-state index in [1.54, 1.807) is 19.1 Å². The van der Waals surface area contributed by atoms with E-state index < -0.39 is 5.92 Å². The fourth-order valence-corrected chi connectivity index (χ4v) is 2.73. The lowest BCUT2D eigenvalue weighted by Crippen LogP contribution is -2.35. The molecule has 0 saturated carbocycles. The molecule has 2 rings (SSSR count). The van der Waals surface area contributed by atoms with Crippen molar-refractivity contribution in [2.24, 2.45) is 0 Å². The van der Waals surface area contributed by atoms with Gasteiger partial charge in [-0.05, 0) is 31.4 Å². The Morgan fingerprint density at radius 3 is 2.53 bits per heavy atom. The molecular weight excluding hydrogens is 244 g/mol. The van der Waals surface area contributed by atoms with Crippen molar-refractivity contribution < 1.29 is 8.78 Å². The highest BCUT2D eigenvalue weighted by Gasteiger charge is 2.29. The Morgan fingerprint density at radius 1 is 1.21 bits per heavy atom. The minimum atomic E-state index is -2.68. The summed E-state index contributed by atoms with van der Waals surface area (Å²) in [5, 5.41) is 3.48. The van der Waals surface area contributed by atoms with Crippen LogP contribution in [0, 0.1) is 0 Å². The first-order valence-electron chi connectivity index (χ1n) is 7.32. The van der Waals surface area contributed by atoms with E-state index in [1.165, 1.54) is 19.3 Å². The summed E-state index contributed by atoms with van der Waals surface area (Å²) in [6.45, 7) is 2.87. The maximum atomic E-state index is 13.7. The van der Waals surface area contributed by atoms with Gasteiger partial charge in [0.1, 0.15) is 0 Å². The predicted octanol–water partition coefficient (Wildman–Crippen LogP) is 4.26. The molecule has 1 heterocycles. The Labute approximate surface area is 114 Å². The van der Waals surface area contributed by atoms with Gasteiger partial charge < -0.3 is 5.32 Å². The van der Waals surface area contributed by atoms with E-state index in [9.17, 15) is 8.78 Å². The van der Waals surface area contributed by atoms with Gasteiger partial charge in [-0.2, -0.15) is 0 Å². The molecule has 1 nitrogen and oxygen atoms in total. The third-order valence-electron chi connectivity index (χ3n) is 3.83. The number of piperidine rings is 1. The van der Waals surface area contributed by atoms with Crippen LogP contribution in [0.5, 0.6) is 0 Å². The molecule has 1 N–H and O–H groups in total. The average molecular weight is 267 g/mol. The first-order chi connectivity index (χ1) is 9.12. The average Bonchev–Trinajstić information content (AvgIpc) is 2.40. The Balaban J connectivity index is 1.97. The van der Waals surface area contributed by atoms with Crippen molar-refractivity contribution in [2.75, 3.05) is 6.54 Å². The van der Waals surface area contributed by atoms with Gasteiger partial charge in [0.25, 0.3) is 5.92 Å². The minimum Gasteiger partial charge on any atom is -0.314 e. The van der Waals surface area contributed by atoms with E-state index in [4.69, 9.17) is 0 Å². The Kier molecular flexibility index (Phi) is 4.92. The van der Waals surface area contributed by atoms with E-state index in [-0.39, 0.29) is 12.0 Å². The van der Waals surface area contributed by atoms with Gasteiger partial charge in [-0.15, -0.1) is 0 Å². The third-order valence-corrected chi connectivity index (χ3v) is 3.83. The second-order valence-corrected chi connectivity index (χ2v) is 5.50. The van der Waals surface area contributed by atoms with Gasteiger partial charge in [0.05, 0.1) is 0 Å². The van der Waals surface area contributed by atoms with Crippen molar-refractivity contribution in [3.8, 4) is 0 Å². The summed E-state index contributed by atoms with van der Waals surface area (Å²) in [4.78, 5) is 0. The van der Waals surface area contributed by atoms with Crippen LogP contribution in [0.25, 0.3) is 0 Å². The molecular formula is C16H23F2N. The number of hydrogen-bond acceptors (Lipinski definition) is 1. The van der Waals surface area contributed by atoms with Crippen molar-refractivity contribution in [1.29, 1.82) is 0 Å². The highest BCUT2D eigenvalue weighted by Crippen LogP contribution is 2.32. The van der Waals surface area contributed by atoms with Gasteiger partial charge in [-0.1, -0.05) is 44.0 Å². The highest BCUT2D eigenvalue weighted by atomic mass is 19.3. The first kappa shape index (κ1) is 14.4. The predicted molar refractivity (Wildman–Crippen MR) is 74.6 cm³/mol. The second-order valence-electron chi connectivity index (χ2n) is 5.50. The van der Waals surface area contributed by atoms with E-state index in [0.29, 0.717) is 12.5 Å². The van der Waals surface area contributed by atoms with Gasteiger partial charge in [-0.3, -0.25) is 0 Å². The molecule has 19 heavy (non-hydrogen) atoms. The molecule has 0 spiro atoms. The smallest absolute Gasteiger partial charge is 0.273 e. The fraction of sp³-hybridized carbons (Fsp3) is 0.625. The van der Waals surface area contributed by atoms with Gasteiger partial charge in [0, 0.05) is 18.0 Å². The summed E-state index contributed by atoms with van der Waals surface area (Å²) in [5.41, 5.74) is 1.30. The molecule has 1 fully saturated rings. The van der Waals surface area contributed by atoms with E-state index >= 15 is 0 Å². The zero-order chi connectivity index (χ0) is 13.7. The topological polar surface area (TPSA) is 12.0 Å². The molecule has 106 valence electrons. The van der Waals surface area contributed by atoms with E-state index in [2.05, 4.69) is 5.32 Å². The molecule has 0 aliphatic carbocycles. The quantitative estimate of drug-likeness (QED) is 0.840. The Hall–Kier alpha value is -0.960. The molecule has 1 atom stereocenters. The zero-order valence-corrected chi connectivity index (χ0v) is 11.6. The lowest BCUT2D eigenvalue weighted by atomic mass is 9.96. The SMILES string of the molecule is CCCC(F)(F)c1ccc(CC2CCCCN2)cc1. The van der Waals surface area contributed by atoms with Crippen LogP contribution in [-0.4, -0.2) is 12.6 Å². The first-order valence-corrected chi connectivity index (χ1v) is 7.32. The van der Waals surface area contributed by atoms with Crippen LogP contribution < -0.4 is 5.32 Å². The van der Waals surface area contributed by atoms with E-state index in [1.807, 2.05) is 12.1 Å². The molecule has 1 saturated heterocycles. The molecule has 0 bridgehead atoms. The van der Waals surface area contributed by atoms with Gasteiger partial charge in [0.2, 0.25) is 0 Å². The summed E-state index contributed by atoms with van der Waals surface area (Å²) in [7, 11) is 0. The monoisotopic (exact) mass is 267 g/mol. The molecule has 1 aromatic carbocycles. The maximum Gasteiger partial charge on any atom is 0.273 e. The summed E-state index contributed by atoms with van der Waals surface area (Å²) in [5.74, 6) is -2.68. The largest absolute Gasteiger partial charge is 0.314 e. The summed E-state index contributed by atoms with van der Waals surface area (Å²) < 4.78 is 27.5. The number of rotatable bonds is 5. The maximum absolute atomic E-state index is 13.7. The zero-order valence-electron chi connectivity index (χ0n) is 11.6. The molecule has 1 aromatic rings. The summed E-state index contributed by atoms with van der Waals surface area (Å²) in [6, 6.07) is 7.40. The third kappa shape index (κ3) is 4.00. The number of alkyl halides is 2. The van der Waals surface area contributed by atoms with Crippen molar-refractivity contribution in [3.05, 3.63) is 35.4 Å². The molecule has 0 radical (unpaired) electrons. The number of nitrogens with one attached hydrogen (secondary N) is 1. The van der Waals surface area contributed by atoms with Crippen LogP contribution in [0.2, 0.25) is 0 Å². The van der Waals surface area contributed by atoms with Gasteiger partial charge >= 0.3 is 0 Å². The molecule has 1 aliphatic heterocycles. The normalized spacial score (nSPS) is 20.5. The van der Waals surface area contributed by atoms with Crippen molar-refractivity contribution in [2.45, 2.75) is 57.4 Å². The van der Waals surface area contributed by atoms with Crippen LogP contribution in [0.1, 0.15) is 50.2 Å². The van der Waals surface area contributed by atoms with Gasteiger partial charge in [-0.25, -0.2) is 8.78 Å².